The van der Waals surface area contributed by atoms with E-state index in [0.717, 1.165) is 15.6 Å². The number of hydrogen-bond acceptors (Lipinski definition) is 4. The van der Waals surface area contributed by atoms with Crippen molar-refractivity contribution in [1.29, 1.82) is 0 Å². The van der Waals surface area contributed by atoms with Crippen LogP contribution >= 0.6 is 27.5 Å². The van der Waals surface area contributed by atoms with Crippen molar-refractivity contribution in [3.63, 3.8) is 0 Å². The number of methoxy groups -OCH3 is 2. The highest BCUT2D eigenvalue weighted by Crippen LogP contribution is 2.56. The lowest BCUT2D eigenvalue weighted by molar-refractivity contribution is -0.143. The molecule has 2 aliphatic rings. The van der Waals surface area contributed by atoms with E-state index in [0.29, 0.717) is 47.9 Å². The summed E-state index contributed by atoms with van der Waals surface area (Å²) in [6.07, 6.45) is 4.44. The molecule has 0 bridgehead atoms. The summed E-state index contributed by atoms with van der Waals surface area (Å²) in [5, 5.41) is 13.9. The number of nitrogens with one attached hydrogen (secondary N) is 1. The van der Waals surface area contributed by atoms with Crippen LogP contribution in [-0.4, -0.2) is 30.8 Å². The lowest BCUT2D eigenvalue weighted by atomic mass is 9.65. The molecule has 0 saturated heterocycles. The SMILES string of the molecule is COc1cc2c(cc1OC)C1(CCC(Nc3cccc(Cl)c3)(C(=O)O)CC1)C(Br)=C2. The molecule has 0 aliphatic heterocycles. The molecule has 2 aromatic rings. The van der Waals surface area contributed by atoms with Crippen LogP contribution in [0.25, 0.3) is 6.08 Å². The molecule has 2 aliphatic carbocycles. The normalized spacial score (nSPS) is 24.9. The van der Waals surface area contributed by atoms with Crippen molar-refractivity contribution in [2.24, 2.45) is 0 Å². The van der Waals surface area contributed by atoms with Crippen LogP contribution in [0.4, 0.5) is 5.69 Å². The van der Waals surface area contributed by atoms with Crippen molar-refractivity contribution in [2.45, 2.75) is 36.6 Å². The Morgan fingerprint density at radius 3 is 2.37 bits per heavy atom. The molecule has 30 heavy (non-hydrogen) atoms. The summed E-state index contributed by atoms with van der Waals surface area (Å²) >= 11 is 9.87. The van der Waals surface area contributed by atoms with Gasteiger partial charge in [-0.05, 0) is 73.2 Å². The molecule has 158 valence electrons. The first-order valence-electron chi connectivity index (χ1n) is 9.75. The Bertz CT molecular complexity index is 1030. The molecule has 0 radical (unpaired) electrons. The maximum absolute atomic E-state index is 12.3. The third-order valence-corrected chi connectivity index (χ3v) is 7.61. The van der Waals surface area contributed by atoms with E-state index in [-0.39, 0.29) is 5.41 Å². The van der Waals surface area contributed by atoms with Crippen molar-refractivity contribution in [3.05, 3.63) is 57.0 Å². The topological polar surface area (TPSA) is 67.8 Å². The maximum atomic E-state index is 12.3. The number of carboxylic acid groups (broad SMARTS) is 1. The van der Waals surface area contributed by atoms with Crippen molar-refractivity contribution in [2.75, 3.05) is 19.5 Å². The molecule has 4 rings (SSSR count). The Kier molecular flexibility index (Phi) is 5.49. The van der Waals surface area contributed by atoms with E-state index in [2.05, 4.69) is 27.3 Å². The summed E-state index contributed by atoms with van der Waals surface area (Å²) in [7, 11) is 3.25. The van der Waals surface area contributed by atoms with Gasteiger partial charge in [0, 0.05) is 20.6 Å². The molecule has 1 fully saturated rings. The highest BCUT2D eigenvalue weighted by atomic mass is 79.9. The van der Waals surface area contributed by atoms with Gasteiger partial charge in [0.05, 0.1) is 14.2 Å². The Balaban J connectivity index is 1.66. The molecule has 2 aromatic carbocycles. The molecule has 0 atom stereocenters. The molecular weight excluding hydrogens is 470 g/mol. The predicted molar refractivity (Wildman–Crippen MR) is 122 cm³/mol. The minimum absolute atomic E-state index is 0.260. The van der Waals surface area contributed by atoms with Crippen LogP contribution in [0.3, 0.4) is 0 Å². The highest BCUT2D eigenvalue weighted by Gasteiger charge is 2.51. The lowest BCUT2D eigenvalue weighted by Gasteiger charge is -2.44. The highest BCUT2D eigenvalue weighted by molar-refractivity contribution is 9.11. The fourth-order valence-electron chi connectivity index (χ4n) is 4.68. The van der Waals surface area contributed by atoms with Gasteiger partial charge in [-0.2, -0.15) is 0 Å². The molecule has 2 N–H and O–H groups in total. The van der Waals surface area contributed by atoms with E-state index in [1.807, 2.05) is 24.3 Å². The molecule has 0 unspecified atom stereocenters. The number of anilines is 1. The van der Waals surface area contributed by atoms with Gasteiger partial charge in [0.1, 0.15) is 5.54 Å². The van der Waals surface area contributed by atoms with Gasteiger partial charge in [-0.1, -0.05) is 33.6 Å². The summed E-state index contributed by atoms with van der Waals surface area (Å²) < 4.78 is 12.0. The van der Waals surface area contributed by atoms with Crippen LogP contribution in [0.2, 0.25) is 5.02 Å². The quantitative estimate of drug-likeness (QED) is 0.548. The van der Waals surface area contributed by atoms with Crippen LogP contribution in [-0.2, 0) is 10.2 Å². The Morgan fingerprint density at radius 2 is 1.77 bits per heavy atom. The van der Waals surface area contributed by atoms with Crippen LogP contribution in [0.5, 0.6) is 11.5 Å². The second-order valence-corrected chi connectivity index (χ2v) is 9.18. The van der Waals surface area contributed by atoms with Gasteiger partial charge < -0.3 is 19.9 Å². The average Bonchev–Trinajstić information content (AvgIpc) is 2.99. The van der Waals surface area contributed by atoms with E-state index in [1.54, 1.807) is 26.4 Å². The molecule has 7 heteroatoms. The van der Waals surface area contributed by atoms with Crippen molar-refractivity contribution < 1.29 is 19.4 Å². The van der Waals surface area contributed by atoms with Crippen LogP contribution < -0.4 is 14.8 Å². The van der Waals surface area contributed by atoms with Gasteiger partial charge in [-0.15, -0.1) is 0 Å². The summed E-state index contributed by atoms with van der Waals surface area (Å²) in [4.78, 5) is 12.3. The number of halogens is 2. The van der Waals surface area contributed by atoms with Gasteiger partial charge in [-0.25, -0.2) is 4.79 Å². The van der Waals surface area contributed by atoms with Crippen molar-refractivity contribution in [1.82, 2.24) is 0 Å². The Labute approximate surface area is 189 Å². The molecule has 0 heterocycles. The van der Waals surface area contributed by atoms with Gasteiger partial charge in [0.15, 0.2) is 11.5 Å². The molecule has 0 amide bonds. The second-order valence-electron chi connectivity index (χ2n) is 7.89. The molecule has 1 saturated carbocycles. The summed E-state index contributed by atoms with van der Waals surface area (Å²) in [6, 6.07) is 11.2. The number of carboxylic acids is 1. The number of benzene rings is 2. The monoisotopic (exact) mass is 491 g/mol. The van der Waals surface area contributed by atoms with Gasteiger partial charge >= 0.3 is 5.97 Å². The first-order chi connectivity index (χ1) is 14.3. The van der Waals surface area contributed by atoms with Crippen LogP contribution in [0.15, 0.2) is 40.9 Å². The van der Waals surface area contributed by atoms with Crippen molar-refractivity contribution >= 4 is 45.3 Å². The molecule has 1 spiro atoms. The number of rotatable bonds is 5. The van der Waals surface area contributed by atoms with E-state index in [4.69, 9.17) is 21.1 Å². The Morgan fingerprint density at radius 1 is 1.10 bits per heavy atom. The standard InChI is InChI=1S/C23H23BrClNO4/c1-29-18-10-14-11-20(24)22(17(14)13-19(18)30-2)6-8-23(9-7-22,21(27)28)26-16-5-3-4-15(25)12-16/h3-5,10-13,26H,6-9H2,1-2H3,(H,27,28). The van der Waals surface area contributed by atoms with E-state index < -0.39 is 11.5 Å². The predicted octanol–water partition coefficient (Wildman–Crippen LogP) is 5.85. The average molecular weight is 493 g/mol. The first kappa shape index (κ1) is 21.1. The van der Waals surface area contributed by atoms with E-state index in [1.165, 1.54) is 0 Å². The van der Waals surface area contributed by atoms with Gasteiger partial charge in [0.2, 0.25) is 0 Å². The van der Waals surface area contributed by atoms with Crippen LogP contribution in [0.1, 0.15) is 36.8 Å². The number of fused-ring (bicyclic) bond motifs is 2. The van der Waals surface area contributed by atoms with Gasteiger partial charge in [0.25, 0.3) is 0 Å². The van der Waals surface area contributed by atoms with Crippen LogP contribution in [0, 0.1) is 0 Å². The summed E-state index contributed by atoms with van der Waals surface area (Å²) in [5.74, 6) is 0.518. The molecular formula is C23H23BrClNO4. The summed E-state index contributed by atoms with van der Waals surface area (Å²) in [6.45, 7) is 0. The number of ether oxygens (including phenoxy) is 2. The maximum Gasteiger partial charge on any atom is 0.329 e. The van der Waals surface area contributed by atoms with Crippen molar-refractivity contribution in [3.8, 4) is 11.5 Å². The third kappa shape index (κ3) is 3.36. The fraction of sp³-hybridized carbons (Fsp3) is 0.348. The van der Waals surface area contributed by atoms with Gasteiger partial charge in [-0.3, -0.25) is 0 Å². The Hall–Kier alpha value is -2.18. The smallest absolute Gasteiger partial charge is 0.329 e. The number of aliphatic carboxylic acids is 1. The number of carbonyl (C=O) groups is 1. The minimum Gasteiger partial charge on any atom is -0.493 e. The third-order valence-electron chi connectivity index (χ3n) is 6.39. The molecule has 0 aromatic heterocycles. The minimum atomic E-state index is -1.04. The zero-order chi connectivity index (χ0) is 21.5. The van der Waals surface area contributed by atoms with E-state index >= 15 is 0 Å². The lowest BCUT2D eigenvalue weighted by Crippen LogP contribution is -2.52. The zero-order valence-electron chi connectivity index (χ0n) is 16.8. The second kappa shape index (κ2) is 7.82. The number of allylic oxidation sites excluding steroid dienone is 1. The zero-order valence-corrected chi connectivity index (χ0v) is 19.1. The fourth-order valence-corrected chi connectivity index (χ4v) is 5.73. The van der Waals surface area contributed by atoms with E-state index in [9.17, 15) is 9.90 Å². The number of hydrogen-bond donors (Lipinski definition) is 2. The molecule has 5 nitrogen and oxygen atoms in total. The first-order valence-corrected chi connectivity index (χ1v) is 10.9. The largest absolute Gasteiger partial charge is 0.493 e. The summed E-state index contributed by atoms with van der Waals surface area (Å²) in [5.41, 5.74) is 1.64.